The Morgan fingerprint density at radius 3 is 2.58 bits per heavy atom. The second-order valence-electron chi connectivity index (χ2n) is 6.21. The van der Waals surface area contributed by atoms with E-state index in [0.29, 0.717) is 18.3 Å². The topological polar surface area (TPSA) is 67.5 Å². The number of rotatable bonds is 5. The third-order valence-electron chi connectivity index (χ3n) is 4.56. The number of hydrogen-bond acceptors (Lipinski definition) is 7. The van der Waals surface area contributed by atoms with Crippen LogP contribution in [0.2, 0.25) is 0 Å². The van der Waals surface area contributed by atoms with Gasteiger partial charge in [0.15, 0.2) is 0 Å². The lowest BCUT2D eigenvalue weighted by Gasteiger charge is -2.35. The molecule has 0 unspecified atom stereocenters. The average molecular weight is 351 g/mol. The van der Waals surface area contributed by atoms with E-state index < -0.39 is 0 Å². The summed E-state index contributed by atoms with van der Waals surface area (Å²) in [5, 5.41) is 4.06. The molecule has 0 saturated carbocycles. The Labute approximate surface area is 152 Å². The molecule has 0 bridgehead atoms. The Bertz CT molecular complexity index is 827. The standard InChI is InChI=1S/C19H21N5O2/c1-25-17-6-4-16(5-7-17)24-11-9-23(10-12-24)14-18-21-19(22-26-18)15-3-2-8-20-13-15/h2-8,13H,9-12,14H2,1H3. The van der Waals surface area contributed by atoms with Crippen LogP contribution in [0.15, 0.2) is 53.3 Å². The van der Waals surface area contributed by atoms with Gasteiger partial charge in [0.2, 0.25) is 11.7 Å². The molecule has 7 nitrogen and oxygen atoms in total. The van der Waals surface area contributed by atoms with Crippen molar-refractivity contribution in [2.75, 3.05) is 38.2 Å². The van der Waals surface area contributed by atoms with Crippen molar-refractivity contribution in [3.8, 4) is 17.1 Å². The average Bonchev–Trinajstić information content (AvgIpc) is 3.18. The van der Waals surface area contributed by atoms with E-state index in [0.717, 1.165) is 37.5 Å². The first-order valence-electron chi connectivity index (χ1n) is 8.66. The first kappa shape index (κ1) is 16.5. The van der Waals surface area contributed by atoms with Crippen LogP contribution in [0, 0.1) is 0 Å². The van der Waals surface area contributed by atoms with Gasteiger partial charge in [0.25, 0.3) is 0 Å². The van der Waals surface area contributed by atoms with E-state index in [1.165, 1.54) is 5.69 Å². The van der Waals surface area contributed by atoms with Gasteiger partial charge in [-0.05, 0) is 36.4 Å². The van der Waals surface area contributed by atoms with E-state index in [-0.39, 0.29) is 0 Å². The molecule has 4 rings (SSSR count). The fraction of sp³-hybridized carbons (Fsp3) is 0.316. The van der Waals surface area contributed by atoms with Gasteiger partial charge in [-0.15, -0.1) is 0 Å². The van der Waals surface area contributed by atoms with Gasteiger partial charge in [-0.3, -0.25) is 9.88 Å². The summed E-state index contributed by atoms with van der Waals surface area (Å²) in [7, 11) is 1.69. The van der Waals surface area contributed by atoms with Crippen molar-refractivity contribution in [1.29, 1.82) is 0 Å². The molecule has 0 atom stereocenters. The third kappa shape index (κ3) is 3.67. The molecule has 3 heterocycles. The van der Waals surface area contributed by atoms with Crippen LogP contribution in [0.5, 0.6) is 5.75 Å². The zero-order chi connectivity index (χ0) is 17.8. The molecule has 0 aliphatic carbocycles. The lowest BCUT2D eigenvalue weighted by molar-refractivity contribution is 0.215. The minimum Gasteiger partial charge on any atom is -0.497 e. The van der Waals surface area contributed by atoms with E-state index in [1.54, 1.807) is 19.5 Å². The number of hydrogen-bond donors (Lipinski definition) is 0. The monoisotopic (exact) mass is 351 g/mol. The number of benzene rings is 1. The highest BCUT2D eigenvalue weighted by molar-refractivity contribution is 5.52. The SMILES string of the molecule is COc1ccc(N2CCN(Cc3nc(-c4cccnc4)no3)CC2)cc1. The summed E-state index contributed by atoms with van der Waals surface area (Å²) in [6.45, 7) is 4.52. The van der Waals surface area contributed by atoms with E-state index in [9.17, 15) is 0 Å². The smallest absolute Gasteiger partial charge is 0.241 e. The Morgan fingerprint density at radius 1 is 1.08 bits per heavy atom. The first-order chi connectivity index (χ1) is 12.8. The third-order valence-corrected chi connectivity index (χ3v) is 4.56. The van der Waals surface area contributed by atoms with Crippen LogP contribution in [0.3, 0.4) is 0 Å². The van der Waals surface area contributed by atoms with Crippen LogP contribution in [0.1, 0.15) is 5.89 Å². The van der Waals surface area contributed by atoms with Crippen LogP contribution in [0.4, 0.5) is 5.69 Å². The molecule has 0 spiro atoms. The lowest BCUT2D eigenvalue weighted by Crippen LogP contribution is -2.46. The zero-order valence-electron chi connectivity index (χ0n) is 14.7. The molecular formula is C19H21N5O2. The highest BCUT2D eigenvalue weighted by Crippen LogP contribution is 2.21. The molecule has 7 heteroatoms. The maximum absolute atomic E-state index is 5.40. The van der Waals surface area contributed by atoms with Crippen LogP contribution in [0.25, 0.3) is 11.4 Å². The van der Waals surface area contributed by atoms with Crippen LogP contribution in [-0.4, -0.2) is 53.3 Å². The quantitative estimate of drug-likeness (QED) is 0.699. The van der Waals surface area contributed by atoms with Crippen molar-refractivity contribution in [3.05, 3.63) is 54.7 Å². The Balaban J connectivity index is 1.33. The molecule has 2 aromatic heterocycles. The molecule has 0 amide bonds. The second kappa shape index (κ2) is 7.53. The summed E-state index contributed by atoms with van der Waals surface area (Å²) in [6.07, 6.45) is 3.47. The van der Waals surface area contributed by atoms with Crippen molar-refractivity contribution >= 4 is 5.69 Å². The molecule has 1 aliphatic heterocycles. The van der Waals surface area contributed by atoms with Gasteiger partial charge in [0.1, 0.15) is 5.75 Å². The molecule has 26 heavy (non-hydrogen) atoms. The van der Waals surface area contributed by atoms with Gasteiger partial charge in [0, 0.05) is 49.8 Å². The van der Waals surface area contributed by atoms with Gasteiger partial charge in [-0.25, -0.2) is 0 Å². The number of piperazine rings is 1. The molecule has 0 N–H and O–H groups in total. The fourth-order valence-electron chi connectivity index (χ4n) is 3.08. The summed E-state index contributed by atoms with van der Waals surface area (Å²) < 4.78 is 10.6. The molecule has 134 valence electrons. The van der Waals surface area contributed by atoms with Gasteiger partial charge in [-0.1, -0.05) is 5.16 Å². The first-order valence-corrected chi connectivity index (χ1v) is 8.66. The predicted molar refractivity (Wildman–Crippen MR) is 98.0 cm³/mol. The maximum Gasteiger partial charge on any atom is 0.241 e. The molecule has 1 saturated heterocycles. The molecule has 0 radical (unpaired) electrons. The van der Waals surface area contributed by atoms with Gasteiger partial charge in [-0.2, -0.15) is 4.98 Å². The van der Waals surface area contributed by atoms with Crippen molar-refractivity contribution in [3.63, 3.8) is 0 Å². The second-order valence-corrected chi connectivity index (χ2v) is 6.21. The van der Waals surface area contributed by atoms with Crippen molar-refractivity contribution in [2.24, 2.45) is 0 Å². The number of methoxy groups -OCH3 is 1. The predicted octanol–water partition coefficient (Wildman–Crippen LogP) is 2.46. The number of pyridine rings is 1. The summed E-state index contributed by atoms with van der Waals surface area (Å²) in [5.41, 5.74) is 2.09. The van der Waals surface area contributed by atoms with E-state index in [1.807, 2.05) is 24.3 Å². The Morgan fingerprint density at radius 2 is 1.88 bits per heavy atom. The summed E-state index contributed by atoms with van der Waals surface area (Å²) in [5.74, 6) is 2.11. The number of anilines is 1. The van der Waals surface area contributed by atoms with E-state index in [4.69, 9.17) is 9.26 Å². The number of aromatic nitrogens is 3. The van der Waals surface area contributed by atoms with E-state index in [2.05, 4.69) is 37.1 Å². The molecular weight excluding hydrogens is 330 g/mol. The van der Waals surface area contributed by atoms with Crippen LogP contribution >= 0.6 is 0 Å². The normalized spacial score (nSPS) is 15.2. The summed E-state index contributed by atoms with van der Waals surface area (Å²) in [6, 6.07) is 12.0. The highest BCUT2D eigenvalue weighted by atomic mass is 16.5. The van der Waals surface area contributed by atoms with Gasteiger partial charge < -0.3 is 14.2 Å². The minimum absolute atomic E-state index is 0.588. The fourth-order valence-corrected chi connectivity index (χ4v) is 3.08. The molecule has 1 fully saturated rings. The van der Waals surface area contributed by atoms with Crippen LogP contribution < -0.4 is 9.64 Å². The maximum atomic E-state index is 5.40. The van der Waals surface area contributed by atoms with Crippen molar-refractivity contribution < 1.29 is 9.26 Å². The number of ether oxygens (including phenoxy) is 1. The van der Waals surface area contributed by atoms with Crippen molar-refractivity contribution in [1.82, 2.24) is 20.0 Å². The highest BCUT2D eigenvalue weighted by Gasteiger charge is 2.19. The Kier molecular flexibility index (Phi) is 4.79. The molecule has 1 aliphatic rings. The van der Waals surface area contributed by atoms with Crippen molar-refractivity contribution in [2.45, 2.75) is 6.54 Å². The Hall–Kier alpha value is -2.93. The molecule has 3 aromatic rings. The van der Waals surface area contributed by atoms with Gasteiger partial charge in [0.05, 0.1) is 13.7 Å². The summed E-state index contributed by atoms with van der Waals surface area (Å²) in [4.78, 5) is 13.3. The summed E-state index contributed by atoms with van der Waals surface area (Å²) >= 11 is 0. The van der Waals surface area contributed by atoms with E-state index >= 15 is 0 Å². The van der Waals surface area contributed by atoms with Gasteiger partial charge >= 0.3 is 0 Å². The largest absolute Gasteiger partial charge is 0.497 e. The zero-order valence-corrected chi connectivity index (χ0v) is 14.7. The lowest BCUT2D eigenvalue weighted by atomic mass is 10.2. The number of nitrogens with zero attached hydrogens (tertiary/aromatic N) is 5. The minimum atomic E-state index is 0.588. The van der Waals surface area contributed by atoms with Crippen LogP contribution in [-0.2, 0) is 6.54 Å². The molecule has 1 aromatic carbocycles.